The molecule has 0 saturated heterocycles. The van der Waals surface area contributed by atoms with Crippen molar-refractivity contribution in [1.29, 1.82) is 0 Å². The van der Waals surface area contributed by atoms with Crippen LogP contribution >= 0.6 is 0 Å². The molecular formula is C24H34N2O3. The molecule has 0 fully saturated rings. The van der Waals surface area contributed by atoms with Crippen LogP contribution < -0.4 is 9.47 Å². The highest BCUT2D eigenvalue weighted by atomic mass is 16.5. The van der Waals surface area contributed by atoms with Gasteiger partial charge in [0.25, 0.3) is 0 Å². The van der Waals surface area contributed by atoms with Gasteiger partial charge < -0.3 is 9.47 Å². The molecule has 1 atom stereocenters. The van der Waals surface area contributed by atoms with E-state index in [2.05, 4.69) is 16.9 Å². The number of esters is 1. The second-order valence-corrected chi connectivity index (χ2v) is 7.47. The number of rotatable bonds is 13. The molecule has 0 aliphatic carbocycles. The molecule has 0 saturated carbocycles. The van der Waals surface area contributed by atoms with E-state index >= 15 is 0 Å². The van der Waals surface area contributed by atoms with Crippen LogP contribution in [0.1, 0.15) is 72.1 Å². The van der Waals surface area contributed by atoms with Crippen LogP contribution in [0, 0.1) is 5.92 Å². The first-order valence-electron chi connectivity index (χ1n) is 10.9. The summed E-state index contributed by atoms with van der Waals surface area (Å²) in [6.07, 6.45) is 13.0. The van der Waals surface area contributed by atoms with Crippen molar-refractivity contribution in [3.05, 3.63) is 36.7 Å². The van der Waals surface area contributed by atoms with Crippen LogP contribution in [0.15, 0.2) is 36.7 Å². The third kappa shape index (κ3) is 8.22. The Morgan fingerprint density at radius 2 is 1.52 bits per heavy atom. The molecule has 1 aromatic heterocycles. The Labute approximate surface area is 174 Å². The molecule has 5 nitrogen and oxygen atoms in total. The number of ether oxygens (including phenoxy) is 2. The quantitative estimate of drug-likeness (QED) is 0.227. The average Bonchev–Trinajstić information content (AvgIpc) is 2.76. The molecule has 0 amide bonds. The van der Waals surface area contributed by atoms with Gasteiger partial charge >= 0.3 is 5.97 Å². The first-order chi connectivity index (χ1) is 14.1. The zero-order chi connectivity index (χ0) is 20.9. The number of carbonyl (C=O) groups is 1. The second kappa shape index (κ2) is 12.9. The SMILES string of the molecule is CCCCCCCCCOc1cnc(-c2ccc(OC(=O)C(C)CC)cc2)nc1. The molecule has 158 valence electrons. The Hall–Kier alpha value is -2.43. The van der Waals surface area contributed by atoms with E-state index in [1.165, 1.54) is 38.5 Å². The summed E-state index contributed by atoms with van der Waals surface area (Å²) in [4.78, 5) is 20.6. The van der Waals surface area contributed by atoms with Gasteiger partial charge in [-0.05, 0) is 37.1 Å². The molecule has 0 radical (unpaired) electrons. The van der Waals surface area contributed by atoms with E-state index in [0.29, 0.717) is 23.9 Å². The molecular weight excluding hydrogens is 364 g/mol. The fourth-order valence-corrected chi connectivity index (χ4v) is 2.84. The van der Waals surface area contributed by atoms with Crippen molar-refractivity contribution in [3.8, 4) is 22.9 Å². The largest absolute Gasteiger partial charge is 0.490 e. The van der Waals surface area contributed by atoms with Crippen LogP contribution in [0.5, 0.6) is 11.5 Å². The average molecular weight is 399 g/mol. The lowest BCUT2D eigenvalue weighted by molar-refractivity contribution is -0.138. The van der Waals surface area contributed by atoms with E-state index in [1.54, 1.807) is 24.5 Å². The van der Waals surface area contributed by atoms with Crippen LogP contribution in [-0.2, 0) is 4.79 Å². The lowest BCUT2D eigenvalue weighted by atomic mass is 10.1. The molecule has 0 N–H and O–H groups in total. The van der Waals surface area contributed by atoms with Crippen LogP contribution in [0.4, 0.5) is 0 Å². The van der Waals surface area contributed by atoms with E-state index in [-0.39, 0.29) is 11.9 Å². The summed E-state index contributed by atoms with van der Waals surface area (Å²) >= 11 is 0. The minimum absolute atomic E-state index is 0.105. The Balaban J connectivity index is 1.76. The lowest BCUT2D eigenvalue weighted by Gasteiger charge is -2.09. The number of carbonyl (C=O) groups excluding carboxylic acids is 1. The zero-order valence-corrected chi connectivity index (χ0v) is 18.0. The molecule has 2 rings (SSSR count). The minimum Gasteiger partial charge on any atom is -0.490 e. The first-order valence-corrected chi connectivity index (χ1v) is 10.9. The first kappa shape index (κ1) is 22.9. The maximum atomic E-state index is 11.9. The number of aromatic nitrogens is 2. The molecule has 5 heteroatoms. The zero-order valence-electron chi connectivity index (χ0n) is 18.0. The van der Waals surface area contributed by atoms with E-state index in [4.69, 9.17) is 9.47 Å². The van der Waals surface area contributed by atoms with E-state index < -0.39 is 0 Å². The lowest BCUT2D eigenvalue weighted by Crippen LogP contribution is -2.16. The summed E-state index contributed by atoms with van der Waals surface area (Å²) in [5.74, 6) is 1.53. The van der Waals surface area contributed by atoms with Crippen molar-refractivity contribution in [1.82, 2.24) is 9.97 Å². The van der Waals surface area contributed by atoms with Gasteiger partial charge in [0.1, 0.15) is 5.75 Å². The van der Waals surface area contributed by atoms with Gasteiger partial charge in [-0.15, -0.1) is 0 Å². The fraction of sp³-hybridized carbons (Fsp3) is 0.542. The van der Waals surface area contributed by atoms with Gasteiger partial charge in [-0.2, -0.15) is 0 Å². The monoisotopic (exact) mass is 398 g/mol. The Bertz CT molecular complexity index is 714. The molecule has 0 aliphatic heterocycles. The third-order valence-electron chi connectivity index (χ3n) is 4.99. The topological polar surface area (TPSA) is 61.3 Å². The van der Waals surface area contributed by atoms with E-state index in [9.17, 15) is 4.79 Å². The number of hydrogen-bond acceptors (Lipinski definition) is 5. The van der Waals surface area contributed by atoms with Gasteiger partial charge in [-0.3, -0.25) is 4.79 Å². The Kier molecular flexibility index (Phi) is 10.2. The van der Waals surface area contributed by atoms with Crippen LogP contribution in [-0.4, -0.2) is 22.5 Å². The highest BCUT2D eigenvalue weighted by Gasteiger charge is 2.13. The van der Waals surface area contributed by atoms with Gasteiger partial charge in [0.15, 0.2) is 11.6 Å². The predicted molar refractivity (Wildman–Crippen MR) is 116 cm³/mol. The number of nitrogens with zero attached hydrogens (tertiary/aromatic N) is 2. The Morgan fingerprint density at radius 3 is 2.14 bits per heavy atom. The standard InChI is InChI=1S/C24H34N2O3/c1-4-6-7-8-9-10-11-16-28-22-17-25-23(26-18-22)20-12-14-21(15-13-20)29-24(27)19(3)5-2/h12-15,17-19H,4-11,16H2,1-3H3. The molecule has 29 heavy (non-hydrogen) atoms. The smallest absolute Gasteiger partial charge is 0.314 e. The summed E-state index contributed by atoms with van der Waals surface area (Å²) in [7, 11) is 0. The van der Waals surface area contributed by atoms with Crippen LogP contribution in [0.25, 0.3) is 11.4 Å². The van der Waals surface area contributed by atoms with Crippen molar-refractivity contribution in [3.63, 3.8) is 0 Å². The number of benzene rings is 1. The van der Waals surface area contributed by atoms with Crippen LogP contribution in [0.2, 0.25) is 0 Å². The van der Waals surface area contributed by atoms with Gasteiger partial charge in [0.05, 0.1) is 24.9 Å². The number of unbranched alkanes of at least 4 members (excludes halogenated alkanes) is 6. The summed E-state index contributed by atoms with van der Waals surface area (Å²) in [6, 6.07) is 7.25. The molecule has 0 spiro atoms. The molecule has 1 heterocycles. The van der Waals surface area contributed by atoms with Crippen LogP contribution in [0.3, 0.4) is 0 Å². The molecule has 2 aromatic rings. The normalized spacial score (nSPS) is 11.8. The van der Waals surface area contributed by atoms with Gasteiger partial charge in [0, 0.05) is 5.56 Å². The van der Waals surface area contributed by atoms with Gasteiger partial charge in [-0.25, -0.2) is 9.97 Å². The van der Waals surface area contributed by atoms with Gasteiger partial charge in [0.2, 0.25) is 0 Å². The number of hydrogen-bond donors (Lipinski definition) is 0. The summed E-state index contributed by atoms with van der Waals surface area (Å²) in [5, 5.41) is 0. The van der Waals surface area contributed by atoms with Gasteiger partial charge in [-0.1, -0.05) is 59.3 Å². The second-order valence-electron chi connectivity index (χ2n) is 7.47. The fourth-order valence-electron chi connectivity index (χ4n) is 2.84. The van der Waals surface area contributed by atoms with Crippen molar-refractivity contribution in [2.24, 2.45) is 5.92 Å². The maximum Gasteiger partial charge on any atom is 0.314 e. The summed E-state index contributed by atoms with van der Waals surface area (Å²) in [6.45, 7) is 6.77. The summed E-state index contributed by atoms with van der Waals surface area (Å²) in [5.41, 5.74) is 0.868. The predicted octanol–water partition coefficient (Wildman–Crippen LogP) is 6.22. The van der Waals surface area contributed by atoms with E-state index in [1.807, 2.05) is 26.0 Å². The minimum atomic E-state index is -0.209. The third-order valence-corrected chi connectivity index (χ3v) is 4.99. The van der Waals surface area contributed by atoms with Crippen molar-refractivity contribution in [2.45, 2.75) is 72.1 Å². The molecule has 1 aromatic carbocycles. The maximum absolute atomic E-state index is 11.9. The molecule has 1 unspecified atom stereocenters. The van der Waals surface area contributed by atoms with Crippen molar-refractivity contribution in [2.75, 3.05) is 6.61 Å². The Morgan fingerprint density at radius 1 is 0.897 bits per heavy atom. The highest BCUT2D eigenvalue weighted by molar-refractivity contribution is 5.74. The van der Waals surface area contributed by atoms with Crippen molar-refractivity contribution < 1.29 is 14.3 Å². The summed E-state index contributed by atoms with van der Waals surface area (Å²) < 4.78 is 11.1. The molecule has 0 aliphatic rings. The van der Waals surface area contributed by atoms with E-state index in [0.717, 1.165) is 18.4 Å². The van der Waals surface area contributed by atoms with Crippen molar-refractivity contribution >= 4 is 5.97 Å². The molecule has 0 bridgehead atoms. The highest BCUT2D eigenvalue weighted by Crippen LogP contribution is 2.21.